The van der Waals surface area contributed by atoms with E-state index in [0.717, 1.165) is 19.2 Å². The number of Topliss-reactive ketones (excluding diaryl/α,β-unsaturated/α-hetero) is 1. The minimum atomic E-state index is 0.152. The summed E-state index contributed by atoms with van der Waals surface area (Å²) in [4.78, 5) is 12.4. The number of carbonyl (C=O) groups excluding carboxylic acids is 1. The van der Waals surface area contributed by atoms with Gasteiger partial charge in [-0.3, -0.25) is 4.79 Å². The Morgan fingerprint density at radius 2 is 1.89 bits per heavy atom. The number of hydrogen-bond acceptors (Lipinski definition) is 1. The fourth-order valence-electron chi connectivity index (χ4n) is 1.97. The van der Waals surface area contributed by atoms with Crippen molar-refractivity contribution in [3.8, 4) is 0 Å². The molecule has 0 radical (unpaired) electrons. The van der Waals surface area contributed by atoms with Gasteiger partial charge in [0.1, 0.15) is 0 Å². The molecule has 2 aromatic carbocycles. The molecule has 2 rings (SSSR count). The molecule has 0 aliphatic heterocycles. The molecule has 19 heavy (non-hydrogen) atoms. The zero-order valence-corrected chi connectivity index (χ0v) is 14.6. The lowest BCUT2D eigenvalue weighted by atomic mass is 9.98. The fraction of sp³-hybridized carbons (Fsp3) is 0.188. The fourth-order valence-corrected chi connectivity index (χ4v) is 2.93. The van der Waals surface area contributed by atoms with Crippen molar-refractivity contribution >= 4 is 44.3 Å². The highest BCUT2D eigenvalue weighted by Crippen LogP contribution is 2.22. The van der Waals surface area contributed by atoms with Crippen molar-refractivity contribution in [2.24, 2.45) is 0 Å². The molecule has 0 aliphatic carbocycles. The van der Waals surface area contributed by atoms with E-state index in [1.54, 1.807) is 0 Å². The molecule has 0 fully saturated rings. The molecular formula is C16H14BrIO. The van der Waals surface area contributed by atoms with Crippen molar-refractivity contribution in [1.29, 1.82) is 0 Å². The van der Waals surface area contributed by atoms with Gasteiger partial charge in [0.15, 0.2) is 5.78 Å². The molecule has 0 atom stereocenters. The van der Waals surface area contributed by atoms with Gasteiger partial charge in [-0.15, -0.1) is 0 Å². The van der Waals surface area contributed by atoms with Crippen LogP contribution in [0, 0.1) is 17.4 Å². The molecule has 0 heterocycles. The Morgan fingerprint density at radius 1 is 1.16 bits per heavy atom. The van der Waals surface area contributed by atoms with Crippen LogP contribution in [0.2, 0.25) is 0 Å². The summed E-state index contributed by atoms with van der Waals surface area (Å²) in [6.45, 7) is 4.10. The minimum Gasteiger partial charge on any atom is -0.294 e. The number of benzene rings is 2. The van der Waals surface area contributed by atoms with Gasteiger partial charge in [0, 0.05) is 20.0 Å². The highest BCUT2D eigenvalue weighted by molar-refractivity contribution is 14.1. The van der Waals surface area contributed by atoms with E-state index in [9.17, 15) is 4.79 Å². The van der Waals surface area contributed by atoms with Crippen molar-refractivity contribution < 1.29 is 4.79 Å². The van der Waals surface area contributed by atoms with Crippen molar-refractivity contribution in [3.63, 3.8) is 0 Å². The normalized spacial score (nSPS) is 10.5. The lowest BCUT2D eigenvalue weighted by Gasteiger charge is -2.08. The molecule has 0 aliphatic rings. The van der Waals surface area contributed by atoms with Crippen molar-refractivity contribution in [2.45, 2.75) is 20.3 Å². The van der Waals surface area contributed by atoms with Gasteiger partial charge in [-0.1, -0.05) is 39.7 Å². The molecule has 0 spiro atoms. The average Bonchev–Trinajstić information content (AvgIpc) is 2.36. The second-order valence-electron chi connectivity index (χ2n) is 4.65. The maximum atomic E-state index is 12.4. The van der Waals surface area contributed by atoms with Crippen LogP contribution in [-0.4, -0.2) is 5.78 Å². The Labute approximate surface area is 135 Å². The standard InChI is InChI=1S/C16H14BrIO/c1-10-3-4-11(2)12(7-10)8-16(19)14-9-13(18)5-6-15(14)17/h3-7,9H,8H2,1-2H3. The van der Waals surface area contributed by atoms with Gasteiger partial charge in [0.05, 0.1) is 0 Å². The predicted molar refractivity (Wildman–Crippen MR) is 90.8 cm³/mol. The lowest BCUT2D eigenvalue weighted by Crippen LogP contribution is -2.06. The van der Waals surface area contributed by atoms with Crippen LogP contribution < -0.4 is 0 Å². The van der Waals surface area contributed by atoms with Gasteiger partial charge < -0.3 is 0 Å². The highest BCUT2D eigenvalue weighted by Gasteiger charge is 2.12. The molecule has 98 valence electrons. The van der Waals surface area contributed by atoms with Crippen LogP contribution in [0.5, 0.6) is 0 Å². The summed E-state index contributed by atoms with van der Waals surface area (Å²) in [5, 5.41) is 0. The van der Waals surface area contributed by atoms with E-state index in [-0.39, 0.29) is 5.78 Å². The van der Waals surface area contributed by atoms with Gasteiger partial charge in [0.2, 0.25) is 0 Å². The summed E-state index contributed by atoms with van der Waals surface area (Å²) in [6, 6.07) is 12.1. The van der Waals surface area contributed by atoms with Gasteiger partial charge in [-0.2, -0.15) is 0 Å². The number of rotatable bonds is 3. The summed E-state index contributed by atoms with van der Waals surface area (Å²) in [7, 11) is 0. The first-order chi connectivity index (χ1) is 8.97. The Morgan fingerprint density at radius 3 is 2.63 bits per heavy atom. The van der Waals surface area contributed by atoms with Crippen LogP contribution in [-0.2, 0) is 6.42 Å². The van der Waals surface area contributed by atoms with E-state index < -0.39 is 0 Å². The molecule has 0 bridgehead atoms. The van der Waals surface area contributed by atoms with Crippen LogP contribution >= 0.6 is 38.5 Å². The zero-order chi connectivity index (χ0) is 14.0. The van der Waals surface area contributed by atoms with Crippen LogP contribution in [0.3, 0.4) is 0 Å². The van der Waals surface area contributed by atoms with E-state index >= 15 is 0 Å². The first-order valence-electron chi connectivity index (χ1n) is 6.02. The summed E-state index contributed by atoms with van der Waals surface area (Å²) >= 11 is 5.68. The number of carbonyl (C=O) groups is 1. The quantitative estimate of drug-likeness (QED) is 0.491. The largest absolute Gasteiger partial charge is 0.294 e. The smallest absolute Gasteiger partial charge is 0.168 e. The lowest BCUT2D eigenvalue weighted by molar-refractivity contribution is 0.0992. The van der Waals surface area contributed by atoms with Crippen LogP contribution in [0.15, 0.2) is 40.9 Å². The maximum absolute atomic E-state index is 12.4. The first kappa shape index (κ1) is 14.7. The van der Waals surface area contributed by atoms with E-state index in [1.165, 1.54) is 11.1 Å². The van der Waals surface area contributed by atoms with Gasteiger partial charge >= 0.3 is 0 Å². The Kier molecular flexibility index (Phi) is 4.79. The molecule has 0 aromatic heterocycles. The third kappa shape index (κ3) is 3.66. The molecule has 3 heteroatoms. The van der Waals surface area contributed by atoms with E-state index in [4.69, 9.17) is 0 Å². The third-order valence-corrected chi connectivity index (χ3v) is 4.45. The minimum absolute atomic E-state index is 0.152. The Hall–Kier alpha value is -0.680. The monoisotopic (exact) mass is 428 g/mol. The molecule has 2 aromatic rings. The molecule has 0 unspecified atom stereocenters. The number of aryl methyl sites for hydroxylation is 2. The number of hydrogen-bond donors (Lipinski definition) is 0. The summed E-state index contributed by atoms with van der Waals surface area (Å²) in [5.41, 5.74) is 4.22. The molecular weight excluding hydrogens is 415 g/mol. The van der Waals surface area contributed by atoms with Gasteiger partial charge in [-0.25, -0.2) is 0 Å². The predicted octanol–water partition coefficient (Wildman–Crippen LogP) is 5.10. The maximum Gasteiger partial charge on any atom is 0.168 e. The van der Waals surface area contributed by atoms with E-state index in [1.807, 2.05) is 25.1 Å². The summed E-state index contributed by atoms with van der Waals surface area (Å²) in [6.07, 6.45) is 0.451. The number of ketones is 1. The van der Waals surface area contributed by atoms with Gasteiger partial charge in [-0.05, 0) is 65.8 Å². The molecule has 0 saturated carbocycles. The second kappa shape index (κ2) is 6.18. The van der Waals surface area contributed by atoms with Crippen molar-refractivity contribution in [2.75, 3.05) is 0 Å². The average molecular weight is 429 g/mol. The van der Waals surface area contributed by atoms with E-state index in [0.29, 0.717) is 6.42 Å². The second-order valence-corrected chi connectivity index (χ2v) is 6.75. The summed E-state index contributed by atoms with van der Waals surface area (Å²) < 4.78 is 1.94. The Bertz CT molecular complexity index is 635. The topological polar surface area (TPSA) is 17.1 Å². The van der Waals surface area contributed by atoms with E-state index in [2.05, 4.69) is 63.6 Å². The van der Waals surface area contributed by atoms with Gasteiger partial charge in [0.25, 0.3) is 0 Å². The molecule has 1 nitrogen and oxygen atoms in total. The number of halogens is 2. The van der Waals surface area contributed by atoms with Crippen molar-refractivity contribution in [1.82, 2.24) is 0 Å². The Balaban J connectivity index is 2.30. The van der Waals surface area contributed by atoms with Crippen LogP contribution in [0.25, 0.3) is 0 Å². The van der Waals surface area contributed by atoms with Crippen LogP contribution in [0.4, 0.5) is 0 Å². The molecule has 0 N–H and O–H groups in total. The molecule has 0 amide bonds. The SMILES string of the molecule is Cc1ccc(C)c(CC(=O)c2cc(I)ccc2Br)c1. The first-order valence-corrected chi connectivity index (χ1v) is 7.89. The molecule has 0 saturated heterocycles. The van der Waals surface area contributed by atoms with Crippen molar-refractivity contribution in [3.05, 3.63) is 66.7 Å². The summed E-state index contributed by atoms with van der Waals surface area (Å²) in [5.74, 6) is 0.152. The zero-order valence-electron chi connectivity index (χ0n) is 10.8. The van der Waals surface area contributed by atoms with Crippen LogP contribution in [0.1, 0.15) is 27.0 Å². The third-order valence-electron chi connectivity index (χ3n) is 3.08. The highest BCUT2D eigenvalue weighted by atomic mass is 127.